The maximum absolute atomic E-state index is 12.3. The molecular weight excluding hydrogens is 333 g/mol. The molecule has 0 aliphatic carbocycles. The first kappa shape index (κ1) is 20.2. The van der Waals surface area contributed by atoms with Crippen LogP contribution in [0, 0.1) is 0 Å². The van der Waals surface area contributed by atoms with Gasteiger partial charge in [0.2, 0.25) is 0 Å². The molecule has 0 radical (unpaired) electrons. The molecular formula is C17H27Cl2N3O. The zero-order valence-electron chi connectivity index (χ0n) is 13.6. The summed E-state index contributed by atoms with van der Waals surface area (Å²) >= 11 is 0. The first-order valence-corrected chi connectivity index (χ1v) is 8.08. The van der Waals surface area contributed by atoms with Crippen molar-refractivity contribution >= 4 is 30.7 Å². The highest BCUT2D eigenvalue weighted by atomic mass is 35.5. The predicted octanol–water partition coefficient (Wildman–Crippen LogP) is 2.74. The van der Waals surface area contributed by atoms with Crippen LogP contribution in [0.5, 0.6) is 0 Å². The number of amides is 1. The lowest BCUT2D eigenvalue weighted by Gasteiger charge is -2.29. The van der Waals surface area contributed by atoms with E-state index in [0.717, 1.165) is 25.2 Å². The fourth-order valence-electron chi connectivity index (χ4n) is 3.32. The molecule has 0 aromatic heterocycles. The van der Waals surface area contributed by atoms with Crippen LogP contribution in [0.25, 0.3) is 0 Å². The van der Waals surface area contributed by atoms with Gasteiger partial charge in [-0.1, -0.05) is 12.5 Å². The Hall–Kier alpha value is -0.810. The van der Waals surface area contributed by atoms with Crippen molar-refractivity contribution in [1.82, 2.24) is 15.5 Å². The lowest BCUT2D eigenvalue weighted by Crippen LogP contribution is -2.43. The average molecular weight is 360 g/mol. The third-order valence-electron chi connectivity index (χ3n) is 4.46. The average Bonchev–Trinajstić information content (AvgIpc) is 2.95. The topological polar surface area (TPSA) is 44.4 Å². The molecule has 1 saturated heterocycles. The van der Waals surface area contributed by atoms with Crippen molar-refractivity contribution in [2.45, 2.75) is 45.3 Å². The summed E-state index contributed by atoms with van der Waals surface area (Å²) in [5.41, 5.74) is 3.35. The molecule has 23 heavy (non-hydrogen) atoms. The quantitative estimate of drug-likeness (QED) is 0.868. The number of nitrogens with one attached hydrogen (secondary N) is 2. The lowest BCUT2D eigenvalue weighted by atomic mass is 10.1. The minimum Gasteiger partial charge on any atom is -0.348 e. The van der Waals surface area contributed by atoms with Crippen LogP contribution in [-0.2, 0) is 13.1 Å². The molecule has 130 valence electrons. The predicted molar refractivity (Wildman–Crippen MR) is 98.7 cm³/mol. The Kier molecular flexibility index (Phi) is 8.34. The van der Waals surface area contributed by atoms with Crippen LogP contribution in [0.1, 0.15) is 47.7 Å². The molecule has 0 bridgehead atoms. The monoisotopic (exact) mass is 359 g/mol. The molecule has 6 heteroatoms. The summed E-state index contributed by atoms with van der Waals surface area (Å²) in [4.78, 5) is 14.8. The van der Waals surface area contributed by atoms with Gasteiger partial charge in [0.15, 0.2) is 0 Å². The Balaban J connectivity index is 0.00000132. The van der Waals surface area contributed by atoms with E-state index in [-0.39, 0.29) is 36.8 Å². The molecule has 2 heterocycles. The van der Waals surface area contributed by atoms with E-state index in [2.05, 4.69) is 28.5 Å². The number of carbonyl (C=O) groups is 1. The second kappa shape index (κ2) is 9.48. The van der Waals surface area contributed by atoms with E-state index in [9.17, 15) is 4.79 Å². The number of hydrogen-bond donors (Lipinski definition) is 2. The SMILES string of the molecule is CC(CN1CCCCC1)NC(=O)c1ccc2c(c1)CNC2.Cl.Cl. The Morgan fingerprint density at radius 3 is 2.61 bits per heavy atom. The Bertz CT molecular complexity index is 519. The Morgan fingerprint density at radius 2 is 1.87 bits per heavy atom. The smallest absolute Gasteiger partial charge is 0.251 e. The minimum atomic E-state index is 0. The molecule has 3 rings (SSSR count). The molecule has 1 atom stereocenters. The van der Waals surface area contributed by atoms with Gasteiger partial charge in [-0.15, -0.1) is 24.8 Å². The molecule has 1 aromatic rings. The first-order valence-electron chi connectivity index (χ1n) is 8.08. The van der Waals surface area contributed by atoms with Crippen molar-refractivity contribution in [3.8, 4) is 0 Å². The minimum absolute atomic E-state index is 0. The first-order chi connectivity index (χ1) is 10.2. The fourth-order valence-corrected chi connectivity index (χ4v) is 3.32. The normalized spacial score (nSPS) is 18.3. The van der Waals surface area contributed by atoms with Crippen molar-refractivity contribution in [1.29, 1.82) is 0 Å². The Labute approximate surface area is 151 Å². The van der Waals surface area contributed by atoms with Gasteiger partial charge in [0.05, 0.1) is 0 Å². The van der Waals surface area contributed by atoms with Crippen LogP contribution in [0.3, 0.4) is 0 Å². The van der Waals surface area contributed by atoms with Crippen molar-refractivity contribution in [2.24, 2.45) is 0 Å². The summed E-state index contributed by atoms with van der Waals surface area (Å²) in [5.74, 6) is 0.0502. The van der Waals surface area contributed by atoms with Crippen molar-refractivity contribution in [2.75, 3.05) is 19.6 Å². The number of hydrogen-bond acceptors (Lipinski definition) is 3. The molecule has 1 aromatic carbocycles. The van der Waals surface area contributed by atoms with Gasteiger partial charge >= 0.3 is 0 Å². The largest absolute Gasteiger partial charge is 0.348 e. The van der Waals surface area contributed by atoms with Crippen LogP contribution in [-0.4, -0.2) is 36.5 Å². The summed E-state index contributed by atoms with van der Waals surface area (Å²) in [6.45, 7) is 7.19. The number of benzene rings is 1. The van der Waals surface area contributed by atoms with Crippen LogP contribution in [0.15, 0.2) is 18.2 Å². The van der Waals surface area contributed by atoms with Crippen molar-refractivity contribution in [3.05, 3.63) is 34.9 Å². The van der Waals surface area contributed by atoms with Gasteiger partial charge in [0, 0.05) is 31.2 Å². The number of piperidine rings is 1. The zero-order chi connectivity index (χ0) is 14.7. The maximum atomic E-state index is 12.3. The maximum Gasteiger partial charge on any atom is 0.251 e. The standard InChI is InChI=1S/C17H25N3O.2ClH/c1-13(12-20-7-3-2-4-8-20)19-17(21)14-5-6-15-10-18-11-16(15)9-14;;/h5-6,9,13,18H,2-4,7-8,10-12H2,1H3,(H,19,21);2*1H. The van der Waals surface area contributed by atoms with Crippen molar-refractivity contribution < 1.29 is 4.79 Å². The van der Waals surface area contributed by atoms with Gasteiger partial charge in [0.1, 0.15) is 0 Å². The molecule has 1 amide bonds. The van der Waals surface area contributed by atoms with Crippen LogP contribution < -0.4 is 10.6 Å². The summed E-state index contributed by atoms with van der Waals surface area (Å²) < 4.78 is 0. The van der Waals surface area contributed by atoms with E-state index in [1.807, 2.05) is 12.1 Å². The van der Waals surface area contributed by atoms with E-state index in [1.54, 1.807) is 0 Å². The number of nitrogens with zero attached hydrogens (tertiary/aromatic N) is 1. The van der Waals surface area contributed by atoms with E-state index >= 15 is 0 Å². The molecule has 2 aliphatic rings. The molecule has 0 saturated carbocycles. The number of carbonyl (C=O) groups excluding carboxylic acids is 1. The highest BCUT2D eigenvalue weighted by Crippen LogP contribution is 2.17. The number of rotatable bonds is 4. The summed E-state index contributed by atoms with van der Waals surface area (Å²) in [5, 5.41) is 6.44. The van der Waals surface area contributed by atoms with E-state index in [1.165, 1.54) is 43.5 Å². The third-order valence-corrected chi connectivity index (χ3v) is 4.46. The van der Waals surface area contributed by atoms with E-state index < -0.39 is 0 Å². The number of halogens is 2. The molecule has 1 unspecified atom stereocenters. The second-order valence-electron chi connectivity index (χ2n) is 6.32. The molecule has 2 aliphatic heterocycles. The fraction of sp³-hybridized carbons (Fsp3) is 0.588. The van der Waals surface area contributed by atoms with Crippen molar-refractivity contribution in [3.63, 3.8) is 0 Å². The number of likely N-dealkylation sites (tertiary alicyclic amines) is 1. The second-order valence-corrected chi connectivity index (χ2v) is 6.32. The van der Waals surface area contributed by atoms with Gasteiger partial charge in [-0.3, -0.25) is 4.79 Å². The lowest BCUT2D eigenvalue weighted by molar-refractivity contribution is 0.0925. The third kappa shape index (κ3) is 5.35. The summed E-state index contributed by atoms with van der Waals surface area (Å²) in [7, 11) is 0. The number of fused-ring (bicyclic) bond motifs is 1. The van der Waals surface area contributed by atoms with Crippen LogP contribution in [0.2, 0.25) is 0 Å². The van der Waals surface area contributed by atoms with Crippen LogP contribution >= 0.6 is 24.8 Å². The summed E-state index contributed by atoms with van der Waals surface area (Å²) in [6.07, 6.45) is 3.93. The molecule has 1 fully saturated rings. The van der Waals surface area contributed by atoms with E-state index in [0.29, 0.717) is 0 Å². The highest BCUT2D eigenvalue weighted by molar-refractivity contribution is 5.94. The molecule has 4 nitrogen and oxygen atoms in total. The van der Waals surface area contributed by atoms with Gasteiger partial charge < -0.3 is 15.5 Å². The zero-order valence-corrected chi connectivity index (χ0v) is 15.3. The van der Waals surface area contributed by atoms with Gasteiger partial charge in [-0.2, -0.15) is 0 Å². The van der Waals surface area contributed by atoms with Gasteiger partial charge in [-0.25, -0.2) is 0 Å². The molecule has 0 spiro atoms. The highest BCUT2D eigenvalue weighted by Gasteiger charge is 2.17. The summed E-state index contributed by atoms with van der Waals surface area (Å²) in [6, 6.07) is 6.23. The van der Waals surface area contributed by atoms with E-state index in [4.69, 9.17) is 0 Å². The van der Waals surface area contributed by atoms with Crippen LogP contribution in [0.4, 0.5) is 0 Å². The molecule has 2 N–H and O–H groups in total. The van der Waals surface area contributed by atoms with Gasteiger partial charge in [-0.05, 0) is 56.1 Å². The van der Waals surface area contributed by atoms with Gasteiger partial charge in [0.25, 0.3) is 5.91 Å². The Morgan fingerprint density at radius 1 is 1.17 bits per heavy atom.